The van der Waals surface area contributed by atoms with Gasteiger partial charge in [0.2, 0.25) is 0 Å². The van der Waals surface area contributed by atoms with E-state index in [4.69, 9.17) is 9.57 Å². The van der Waals surface area contributed by atoms with E-state index in [-0.39, 0.29) is 5.91 Å². The van der Waals surface area contributed by atoms with Gasteiger partial charge >= 0.3 is 0 Å². The Morgan fingerprint density at radius 3 is 2.72 bits per heavy atom. The third-order valence-corrected chi connectivity index (χ3v) is 2.65. The molecule has 0 spiro atoms. The first-order valence-electron chi connectivity index (χ1n) is 5.75. The average molecular weight is 245 g/mol. The molecule has 1 N–H and O–H groups in total. The zero-order valence-electron chi connectivity index (χ0n) is 10.4. The second-order valence-electron chi connectivity index (χ2n) is 3.73. The van der Waals surface area contributed by atoms with E-state index >= 15 is 0 Å². The van der Waals surface area contributed by atoms with Crippen LogP contribution in [-0.4, -0.2) is 19.6 Å². The molecule has 4 heteroatoms. The van der Waals surface area contributed by atoms with Gasteiger partial charge < -0.3 is 4.74 Å². The lowest BCUT2D eigenvalue weighted by atomic mass is 10.0. The Hall–Kier alpha value is -2.07. The van der Waals surface area contributed by atoms with Crippen molar-refractivity contribution in [2.24, 2.45) is 0 Å². The van der Waals surface area contributed by atoms with Crippen LogP contribution in [0.25, 0.3) is 10.8 Å². The molecule has 0 fully saturated rings. The van der Waals surface area contributed by atoms with E-state index in [1.54, 1.807) is 20.1 Å². The number of hydroxylamine groups is 1. The van der Waals surface area contributed by atoms with Crippen LogP contribution < -0.4 is 10.2 Å². The molecule has 0 atom stereocenters. The molecular weight excluding hydrogens is 230 g/mol. The van der Waals surface area contributed by atoms with E-state index in [9.17, 15) is 4.79 Å². The number of hydrogen-bond donors (Lipinski definition) is 1. The summed E-state index contributed by atoms with van der Waals surface area (Å²) in [5.74, 6) is 0.233. The maximum absolute atomic E-state index is 12.1. The number of fused-ring (bicyclic) bond motifs is 1. The van der Waals surface area contributed by atoms with E-state index < -0.39 is 0 Å². The minimum absolute atomic E-state index is 0.300. The van der Waals surface area contributed by atoms with Crippen LogP contribution in [0.2, 0.25) is 0 Å². The third kappa shape index (κ3) is 2.28. The fourth-order valence-corrected chi connectivity index (χ4v) is 1.84. The standard InChI is InChI=1S/C14H15NO3/c1-3-18-15-14(16)13-11-7-5-4-6-10(11)8-9-12(13)17-2/h4-9H,3H2,1-2H3,(H,15,16). The largest absolute Gasteiger partial charge is 0.496 e. The van der Waals surface area contributed by atoms with Crippen LogP contribution in [0.3, 0.4) is 0 Å². The van der Waals surface area contributed by atoms with Crippen molar-refractivity contribution in [1.29, 1.82) is 0 Å². The number of hydrogen-bond acceptors (Lipinski definition) is 3. The third-order valence-electron chi connectivity index (χ3n) is 2.65. The summed E-state index contributed by atoms with van der Waals surface area (Å²) in [4.78, 5) is 17.0. The number of carbonyl (C=O) groups is 1. The number of benzene rings is 2. The Bertz CT molecular complexity index is 566. The molecule has 0 radical (unpaired) electrons. The van der Waals surface area contributed by atoms with Gasteiger partial charge in [0.1, 0.15) is 5.75 Å². The Morgan fingerprint density at radius 2 is 2.00 bits per heavy atom. The molecule has 0 heterocycles. The van der Waals surface area contributed by atoms with Crippen molar-refractivity contribution < 1.29 is 14.4 Å². The molecule has 2 rings (SSSR count). The lowest BCUT2D eigenvalue weighted by Crippen LogP contribution is -2.24. The van der Waals surface area contributed by atoms with E-state index in [0.29, 0.717) is 17.9 Å². The van der Waals surface area contributed by atoms with E-state index in [1.807, 2.05) is 30.3 Å². The number of nitrogens with one attached hydrogen (secondary N) is 1. The topological polar surface area (TPSA) is 47.6 Å². The van der Waals surface area contributed by atoms with Gasteiger partial charge in [0.25, 0.3) is 5.91 Å². The van der Waals surface area contributed by atoms with Gasteiger partial charge in [-0.1, -0.05) is 30.3 Å². The number of methoxy groups -OCH3 is 1. The van der Waals surface area contributed by atoms with Crippen LogP contribution in [0.15, 0.2) is 36.4 Å². The van der Waals surface area contributed by atoms with Gasteiger partial charge in [0.05, 0.1) is 19.3 Å². The smallest absolute Gasteiger partial charge is 0.279 e. The first-order valence-corrected chi connectivity index (χ1v) is 5.75. The van der Waals surface area contributed by atoms with Gasteiger partial charge in [-0.3, -0.25) is 9.63 Å². The highest BCUT2D eigenvalue weighted by Crippen LogP contribution is 2.27. The van der Waals surface area contributed by atoms with E-state index in [0.717, 1.165) is 10.8 Å². The SMILES string of the molecule is CCONC(=O)c1c(OC)ccc2ccccc12. The second kappa shape index (κ2) is 5.51. The molecule has 94 valence electrons. The summed E-state index contributed by atoms with van der Waals surface area (Å²) in [6, 6.07) is 11.4. The monoisotopic (exact) mass is 245 g/mol. The number of ether oxygens (including phenoxy) is 1. The summed E-state index contributed by atoms with van der Waals surface area (Å²) in [7, 11) is 1.54. The zero-order valence-corrected chi connectivity index (χ0v) is 10.4. The minimum Gasteiger partial charge on any atom is -0.496 e. The van der Waals surface area contributed by atoms with Crippen LogP contribution in [-0.2, 0) is 4.84 Å². The highest BCUT2D eigenvalue weighted by Gasteiger charge is 2.15. The minimum atomic E-state index is -0.300. The Balaban J connectivity index is 2.54. The van der Waals surface area contributed by atoms with E-state index in [1.165, 1.54) is 0 Å². The molecule has 0 aliphatic carbocycles. The first kappa shape index (κ1) is 12.4. The summed E-state index contributed by atoms with van der Waals surface area (Å²) >= 11 is 0. The molecule has 18 heavy (non-hydrogen) atoms. The summed E-state index contributed by atoms with van der Waals surface area (Å²) < 4.78 is 5.24. The van der Waals surface area contributed by atoms with Crippen molar-refractivity contribution in [1.82, 2.24) is 5.48 Å². The van der Waals surface area contributed by atoms with E-state index in [2.05, 4.69) is 5.48 Å². The number of rotatable bonds is 4. The van der Waals surface area contributed by atoms with Gasteiger partial charge in [-0.2, -0.15) is 0 Å². The van der Waals surface area contributed by atoms with Gasteiger partial charge in [-0.05, 0) is 23.8 Å². The van der Waals surface area contributed by atoms with Crippen molar-refractivity contribution in [3.8, 4) is 5.75 Å². The fraction of sp³-hybridized carbons (Fsp3) is 0.214. The second-order valence-corrected chi connectivity index (χ2v) is 3.73. The maximum Gasteiger partial charge on any atom is 0.279 e. The van der Waals surface area contributed by atoms with Gasteiger partial charge in [-0.15, -0.1) is 0 Å². The highest BCUT2D eigenvalue weighted by molar-refractivity contribution is 6.09. The summed E-state index contributed by atoms with van der Waals surface area (Å²) in [6.45, 7) is 2.22. The molecular formula is C14H15NO3. The Kier molecular flexibility index (Phi) is 3.79. The number of carbonyl (C=O) groups excluding carboxylic acids is 1. The van der Waals surface area contributed by atoms with Crippen molar-refractivity contribution in [3.05, 3.63) is 42.0 Å². The molecule has 4 nitrogen and oxygen atoms in total. The normalized spacial score (nSPS) is 10.3. The average Bonchev–Trinajstić information content (AvgIpc) is 2.43. The maximum atomic E-state index is 12.1. The zero-order chi connectivity index (χ0) is 13.0. The number of amides is 1. The quantitative estimate of drug-likeness (QED) is 0.842. The lowest BCUT2D eigenvalue weighted by molar-refractivity contribution is 0.0364. The highest BCUT2D eigenvalue weighted by atomic mass is 16.6. The van der Waals surface area contributed by atoms with Crippen molar-refractivity contribution >= 4 is 16.7 Å². The van der Waals surface area contributed by atoms with Gasteiger partial charge in [-0.25, -0.2) is 5.48 Å². The van der Waals surface area contributed by atoms with Crippen LogP contribution >= 0.6 is 0 Å². The molecule has 0 aromatic heterocycles. The summed E-state index contributed by atoms with van der Waals surface area (Å²) in [6.07, 6.45) is 0. The molecule has 2 aromatic rings. The van der Waals surface area contributed by atoms with Crippen molar-refractivity contribution in [2.45, 2.75) is 6.92 Å². The molecule has 0 saturated carbocycles. The van der Waals surface area contributed by atoms with Crippen molar-refractivity contribution in [2.75, 3.05) is 13.7 Å². The molecule has 0 saturated heterocycles. The lowest BCUT2D eigenvalue weighted by Gasteiger charge is -2.11. The van der Waals surface area contributed by atoms with Gasteiger partial charge in [0.15, 0.2) is 0 Å². The van der Waals surface area contributed by atoms with Gasteiger partial charge in [0, 0.05) is 0 Å². The van der Waals surface area contributed by atoms with Crippen LogP contribution in [0.1, 0.15) is 17.3 Å². The predicted molar refractivity (Wildman–Crippen MR) is 69.6 cm³/mol. The molecule has 0 bridgehead atoms. The van der Waals surface area contributed by atoms with Crippen LogP contribution in [0.4, 0.5) is 0 Å². The van der Waals surface area contributed by atoms with Crippen LogP contribution in [0, 0.1) is 0 Å². The molecule has 0 unspecified atom stereocenters. The molecule has 2 aromatic carbocycles. The fourth-order valence-electron chi connectivity index (χ4n) is 1.84. The molecule has 1 amide bonds. The summed E-state index contributed by atoms with van der Waals surface area (Å²) in [5.41, 5.74) is 2.89. The van der Waals surface area contributed by atoms with Crippen molar-refractivity contribution in [3.63, 3.8) is 0 Å². The first-order chi connectivity index (χ1) is 8.77. The predicted octanol–water partition coefficient (Wildman–Crippen LogP) is 2.53. The Labute approximate surface area is 105 Å². The van der Waals surface area contributed by atoms with Crippen LogP contribution in [0.5, 0.6) is 5.75 Å². The molecule has 0 aliphatic heterocycles. The molecule has 0 aliphatic rings. The Morgan fingerprint density at radius 1 is 1.22 bits per heavy atom. The summed E-state index contributed by atoms with van der Waals surface area (Å²) in [5, 5.41) is 1.83.